The lowest BCUT2D eigenvalue weighted by atomic mass is 10.0. The molecule has 140 valence electrons. The summed E-state index contributed by atoms with van der Waals surface area (Å²) in [5, 5.41) is 8.92. The maximum absolute atomic E-state index is 4.47. The number of hydrazone groups is 1. The monoisotopic (exact) mass is 362 g/mol. The number of rotatable bonds is 7. The second kappa shape index (κ2) is 8.58. The van der Waals surface area contributed by atoms with E-state index in [2.05, 4.69) is 56.8 Å². The Morgan fingerprint density at radius 1 is 1.11 bits per heavy atom. The number of hydrogen-bond acceptors (Lipinski definition) is 5. The third-order valence-corrected chi connectivity index (χ3v) is 4.41. The Labute approximate surface area is 160 Å². The summed E-state index contributed by atoms with van der Waals surface area (Å²) < 4.78 is 1.80. The molecule has 2 heterocycles. The van der Waals surface area contributed by atoms with Crippen LogP contribution in [0.3, 0.4) is 0 Å². The average molecular weight is 362 g/mol. The molecule has 1 aromatic carbocycles. The van der Waals surface area contributed by atoms with Gasteiger partial charge in [-0.2, -0.15) is 10.2 Å². The second-order valence-electron chi connectivity index (χ2n) is 6.71. The number of nitrogens with one attached hydrogen (secondary N) is 1. The summed E-state index contributed by atoms with van der Waals surface area (Å²) in [5.41, 5.74) is 8.37. The number of aryl methyl sites for hydroxylation is 3. The van der Waals surface area contributed by atoms with E-state index in [0.29, 0.717) is 11.6 Å². The molecule has 6 heteroatoms. The number of benzene rings is 1. The van der Waals surface area contributed by atoms with Gasteiger partial charge in [0.15, 0.2) is 11.6 Å². The summed E-state index contributed by atoms with van der Waals surface area (Å²) in [6.07, 6.45) is 5.08. The fraction of sp³-hybridized carbons (Fsp3) is 0.333. The van der Waals surface area contributed by atoms with Crippen LogP contribution < -0.4 is 5.43 Å². The topological polar surface area (TPSA) is 68.0 Å². The van der Waals surface area contributed by atoms with Gasteiger partial charge in [-0.05, 0) is 50.8 Å². The predicted octanol–water partition coefficient (Wildman–Crippen LogP) is 4.46. The van der Waals surface area contributed by atoms with E-state index in [-0.39, 0.29) is 0 Å². The van der Waals surface area contributed by atoms with Crippen molar-refractivity contribution in [2.24, 2.45) is 5.10 Å². The lowest BCUT2D eigenvalue weighted by Gasteiger charge is -2.07. The van der Waals surface area contributed by atoms with Crippen molar-refractivity contribution in [2.45, 2.75) is 47.0 Å². The van der Waals surface area contributed by atoms with Gasteiger partial charge in [0.25, 0.3) is 0 Å². The molecule has 2 aromatic heterocycles. The number of nitrogens with zero attached hydrogens (tertiary/aromatic N) is 5. The van der Waals surface area contributed by atoms with Crippen LogP contribution in [-0.2, 0) is 6.42 Å². The Morgan fingerprint density at radius 2 is 1.89 bits per heavy atom. The van der Waals surface area contributed by atoms with Crippen molar-refractivity contribution in [3.8, 4) is 5.82 Å². The second-order valence-corrected chi connectivity index (χ2v) is 6.71. The van der Waals surface area contributed by atoms with E-state index >= 15 is 0 Å². The highest BCUT2D eigenvalue weighted by molar-refractivity contribution is 5.99. The van der Waals surface area contributed by atoms with Crippen LogP contribution in [0.5, 0.6) is 0 Å². The Hall–Kier alpha value is -3.02. The molecule has 0 bridgehead atoms. The molecule has 1 N–H and O–H groups in total. The van der Waals surface area contributed by atoms with E-state index in [9.17, 15) is 0 Å². The first-order valence-corrected chi connectivity index (χ1v) is 9.32. The van der Waals surface area contributed by atoms with Crippen molar-refractivity contribution in [3.63, 3.8) is 0 Å². The predicted molar refractivity (Wildman–Crippen MR) is 110 cm³/mol. The Bertz CT molecular complexity index is 924. The Balaban J connectivity index is 1.71. The van der Waals surface area contributed by atoms with Gasteiger partial charge in [-0.1, -0.05) is 37.6 Å². The standard InChI is InChI=1S/C21H26N6/c1-5-6-7-18-8-10-19(11-9-18)17(4)24-25-20-13-21(23-14-22-20)27-16(3)12-15(2)26-27/h8-14H,5-7H2,1-4H3,(H,22,23,25). The molecule has 0 aliphatic rings. The number of aromatic nitrogens is 4. The van der Waals surface area contributed by atoms with Crippen LogP contribution in [0.4, 0.5) is 5.82 Å². The molecule has 27 heavy (non-hydrogen) atoms. The normalized spacial score (nSPS) is 11.6. The molecule has 0 saturated carbocycles. The van der Waals surface area contributed by atoms with Crippen molar-refractivity contribution in [3.05, 3.63) is 65.2 Å². The van der Waals surface area contributed by atoms with E-state index in [1.165, 1.54) is 24.7 Å². The molecular weight excluding hydrogens is 336 g/mol. The van der Waals surface area contributed by atoms with Crippen LogP contribution >= 0.6 is 0 Å². The highest BCUT2D eigenvalue weighted by Gasteiger charge is 2.06. The van der Waals surface area contributed by atoms with Crippen molar-refractivity contribution in [2.75, 3.05) is 5.43 Å². The number of anilines is 1. The van der Waals surface area contributed by atoms with Gasteiger partial charge in [-0.3, -0.25) is 5.43 Å². The molecule has 0 atom stereocenters. The van der Waals surface area contributed by atoms with Gasteiger partial charge in [0.1, 0.15) is 6.33 Å². The summed E-state index contributed by atoms with van der Waals surface area (Å²) in [6.45, 7) is 8.16. The van der Waals surface area contributed by atoms with Gasteiger partial charge < -0.3 is 0 Å². The van der Waals surface area contributed by atoms with Crippen LogP contribution in [0.25, 0.3) is 5.82 Å². The summed E-state index contributed by atoms with van der Waals surface area (Å²) in [7, 11) is 0. The summed E-state index contributed by atoms with van der Waals surface area (Å²) >= 11 is 0. The maximum Gasteiger partial charge on any atom is 0.159 e. The lowest BCUT2D eigenvalue weighted by Crippen LogP contribution is -2.05. The van der Waals surface area contributed by atoms with Crippen molar-refractivity contribution >= 4 is 11.5 Å². The highest BCUT2D eigenvalue weighted by atomic mass is 15.3. The fourth-order valence-corrected chi connectivity index (χ4v) is 2.88. The molecule has 0 saturated heterocycles. The first-order valence-electron chi connectivity index (χ1n) is 9.32. The van der Waals surface area contributed by atoms with E-state index in [0.717, 1.165) is 29.1 Å². The van der Waals surface area contributed by atoms with E-state index in [1.807, 2.05) is 32.9 Å². The van der Waals surface area contributed by atoms with Gasteiger partial charge in [0, 0.05) is 11.8 Å². The SMILES string of the molecule is CCCCc1ccc(C(C)=NNc2cc(-n3nc(C)cc3C)ncn2)cc1. The van der Waals surface area contributed by atoms with E-state index in [4.69, 9.17) is 0 Å². The van der Waals surface area contributed by atoms with Gasteiger partial charge in [-0.25, -0.2) is 14.6 Å². The lowest BCUT2D eigenvalue weighted by molar-refractivity contribution is 0.795. The number of unbranched alkanes of at least 4 members (excludes halogenated alkanes) is 1. The molecule has 0 fully saturated rings. The molecule has 0 radical (unpaired) electrons. The minimum absolute atomic E-state index is 0.631. The van der Waals surface area contributed by atoms with Gasteiger partial charge in [0.05, 0.1) is 11.4 Å². The summed E-state index contributed by atoms with van der Waals surface area (Å²) in [4.78, 5) is 8.55. The maximum atomic E-state index is 4.47. The quantitative estimate of drug-likeness (QED) is 0.498. The molecule has 0 aliphatic carbocycles. The molecule has 3 rings (SSSR count). The average Bonchev–Trinajstić information content (AvgIpc) is 3.03. The van der Waals surface area contributed by atoms with Crippen molar-refractivity contribution in [1.29, 1.82) is 0 Å². The third kappa shape index (κ3) is 4.78. The molecule has 6 nitrogen and oxygen atoms in total. The van der Waals surface area contributed by atoms with Crippen LogP contribution in [0.2, 0.25) is 0 Å². The van der Waals surface area contributed by atoms with Crippen molar-refractivity contribution in [1.82, 2.24) is 19.7 Å². The van der Waals surface area contributed by atoms with Gasteiger partial charge >= 0.3 is 0 Å². The smallest absolute Gasteiger partial charge is 0.159 e. The largest absolute Gasteiger partial charge is 0.261 e. The van der Waals surface area contributed by atoms with Crippen LogP contribution in [0, 0.1) is 13.8 Å². The summed E-state index contributed by atoms with van der Waals surface area (Å²) in [5.74, 6) is 1.35. The molecule has 0 aliphatic heterocycles. The first-order chi connectivity index (χ1) is 13.1. The summed E-state index contributed by atoms with van der Waals surface area (Å²) in [6, 6.07) is 12.4. The number of hydrogen-bond donors (Lipinski definition) is 1. The van der Waals surface area contributed by atoms with Crippen LogP contribution in [-0.4, -0.2) is 25.5 Å². The fourth-order valence-electron chi connectivity index (χ4n) is 2.88. The highest BCUT2D eigenvalue weighted by Crippen LogP contribution is 2.13. The minimum atomic E-state index is 0.631. The Kier molecular flexibility index (Phi) is 5.96. The van der Waals surface area contributed by atoms with E-state index in [1.54, 1.807) is 4.68 Å². The third-order valence-electron chi connectivity index (χ3n) is 4.41. The zero-order chi connectivity index (χ0) is 19.2. The van der Waals surface area contributed by atoms with E-state index < -0.39 is 0 Å². The van der Waals surface area contributed by atoms with Crippen LogP contribution in [0.15, 0.2) is 47.8 Å². The zero-order valence-corrected chi connectivity index (χ0v) is 16.4. The molecular formula is C21H26N6. The molecule has 0 amide bonds. The van der Waals surface area contributed by atoms with Gasteiger partial charge in [0.2, 0.25) is 0 Å². The van der Waals surface area contributed by atoms with Crippen LogP contribution in [0.1, 0.15) is 49.2 Å². The van der Waals surface area contributed by atoms with Gasteiger partial charge in [-0.15, -0.1) is 0 Å². The van der Waals surface area contributed by atoms with Crippen molar-refractivity contribution < 1.29 is 0 Å². The zero-order valence-electron chi connectivity index (χ0n) is 16.4. The molecule has 3 aromatic rings. The first kappa shape index (κ1) is 18.8. The Morgan fingerprint density at radius 3 is 2.56 bits per heavy atom. The molecule has 0 unspecified atom stereocenters. The minimum Gasteiger partial charge on any atom is -0.261 e. The molecule has 0 spiro atoms.